The maximum Gasteiger partial charge on any atom is 0.254 e. The highest BCUT2D eigenvalue weighted by Crippen LogP contribution is 2.23. The van der Waals surface area contributed by atoms with Crippen molar-refractivity contribution in [3.63, 3.8) is 0 Å². The lowest BCUT2D eigenvalue weighted by atomic mass is 10.1. The van der Waals surface area contributed by atoms with Gasteiger partial charge in [0.15, 0.2) is 0 Å². The molecule has 1 atom stereocenters. The van der Waals surface area contributed by atoms with Crippen LogP contribution in [0.4, 0.5) is 0 Å². The molecule has 2 aromatic rings. The summed E-state index contributed by atoms with van der Waals surface area (Å²) < 4.78 is 0. The van der Waals surface area contributed by atoms with E-state index in [0.29, 0.717) is 61.2 Å². The molecule has 4 rings (SSSR count). The van der Waals surface area contributed by atoms with E-state index in [9.17, 15) is 14.4 Å². The number of carbonyl (C=O) groups is 3. The minimum Gasteiger partial charge on any atom is -0.337 e. The van der Waals surface area contributed by atoms with Crippen LogP contribution in [-0.4, -0.2) is 71.2 Å². The third kappa shape index (κ3) is 5.08. The molecule has 2 heterocycles. The van der Waals surface area contributed by atoms with Gasteiger partial charge in [-0.05, 0) is 36.6 Å². The SMILES string of the molecule is O=C(c1cc(Cl)cc(Cl)c1)N1CCN(C(=O)C2CCCN2C(=O)Cc2ccccc2)CC1. The summed E-state index contributed by atoms with van der Waals surface area (Å²) in [5.41, 5.74) is 1.39. The summed E-state index contributed by atoms with van der Waals surface area (Å²) in [6.45, 7) is 2.35. The summed E-state index contributed by atoms with van der Waals surface area (Å²) in [6, 6.07) is 14.0. The number of carbonyl (C=O) groups excluding carboxylic acids is 3. The van der Waals surface area contributed by atoms with Crippen LogP contribution in [0.2, 0.25) is 10.0 Å². The fraction of sp³-hybridized carbons (Fsp3) is 0.375. The number of rotatable bonds is 4. The quantitative estimate of drug-likeness (QED) is 0.682. The molecule has 0 spiro atoms. The highest BCUT2D eigenvalue weighted by molar-refractivity contribution is 6.35. The third-order valence-corrected chi connectivity index (χ3v) is 6.48. The van der Waals surface area contributed by atoms with Crippen LogP contribution in [0.25, 0.3) is 0 Å². The number of benzene rings is 2. The molecular weight excluding hydrogens is 449 g/mol. The van der Waals surface area contributed by atoms with E-state index in [4.69, 9.17) is 23.2 Å². The van der Waals surface area contributed by atoms with Crippen LogP contribution in [0.1, 0.15) is 28.8 Å². The Morgan fingerprint density at radius 1 is 0.844 bits per heavy atom. The van der Waals surface area contributed by atoms with E-state index in [1.165, 1.54) is 0 Å². The van der Waals surface area contributed by atoms with Gasteiger partial charge in [-0.3, -0.25) is 14.4 Å². The predicted octanol–water partition coefficient (Wildman–Crippen LogP) is 3.51. The van der Waals surface area contributed by atoms with Crippen molar-refractivity contribution in [2.24, 2.45) is 0 Å². The van der Waals surface area contributed by atoms with Crippen molar-refractivity contribution in [2.75, 3.05) is 32.7 Å². The summed E-state index contributed by atoms with van der Waals surface area (Å²) in [4.78, 5) is 44.0. The van der Waals surface area contributed by atoms with Crippen LogP contribution in [0.15, 0.2) is 48.5 Å². The van der Waals surface area contributed by atoms with E-state index in [1.807, 2.05) is 30.3 Å². The third-order valence-electron chi connectivity index (χ3n) is 6.04. The summed E-state index contributed by atoms with van der Waals surface area (Å²) >= 11 is 12.0. The predicted molar refractivity (Wildman–Crippen MR) is 124 cm³/mol. The summed E-state index contributed by atoms with van der Waals surface area (Å²) in [5.74, 6) is -0.192. The van der Waals surface area contributed by atoms with Gasteiger partial charge in [-0.2, -0.15) is 0 Å². The van der Waals surface area contributed by atoms with Crippen molar-refractivity contribution >= 4 is 40.9 Å². The Kier molecular flexibility index (Phi) is 7.01. The summed E-state index contributed by atoms with van der Waals surface area (Å²) in [5, 5.41) is 0.826. The standard InChI is InChI=1S/C24H25Cl2N3O3/c25-19-14-18(15-20(26)16-19)23(31)27-9-11-28(12-10-27)24(32)21-7-4-8-29(21)22(30)13-17-5-2-1-3-6-17/h1-3,5-6,14-16,21H,4,7-13H2. The largest absolute Gasteiger partial charge is 0.337 e. The number of amides is 3. The van der Waals surface area contributed by atoms with Gasteiger partial charge in [-0.25, -0.2) is 0 Å². The Balaban J connectivity index is 1.35. The van der Waals surface area contributed by atoms with Crippen LogP contribution in [0, 0.1) is 0 Å². The van der Waals surface area contributed by atoms with Gasteiger partial charge in [0.25, 0.3) is 5.91 Å². The lowest BCUT2D eigenvalue weighted by Crippen LogP contribution is -2.55. The highest BCUT2D eigenvalue weighted by Gasteiger charge is 2.37. The Hall–Kier alpha value is -2.57. The van der Waals surface area contributed by atoms with Crippen LogP contribution < -0.4 is 0 Å². The fourth-order valence-corrected chi connectivity index (χ4v) is 4.92. The number of hydrogen-bond acceptors (Lipinski definition) is 3. The second-order valence-corrected chi connectivity index (χ2v) is 9.06. The molecule has 2 aliphatic rings. The number of halogens is 2. The zero-order valence-corrected chi connectivity index (χ0v) is 19.2. The normalized spacial score (nSPS) is 18.7. The van der Waals surface area contributed by atoms with Crippen molar-refractivity contribution in [1.82, 2.24) is 14.7 Å². The molecule has 0 N–H and O–H groups in total. The van der Waals surface area contributed by atoms with E-state index < -0.39 is 6.04 Å². The Morgan fingerprint density at radius 3 is 2.12 bits per heavy atom. The topological polar surface area (TPSA) is 60.9 Å². The Labute approximate surface area is 197 Å². The molecule has 8 heteroatoms. The lowest BCUT2D eigenvalue weighted by molar-refractivity contribution is -0.144. The van der Waals surface area contributed by atoms with Gasteiger partial charge in [-0.15, -0.1) is 0 Å². The van der Waals surface area contributed by atoms with Gasteiger partial charge < -0.3 is 14.7 Å². The average Bonchev–Trinajstić information content (AvgIpc) is 3.28. The van der Waals surface area contributed by atoms with Gasteiger partial charge in [-0.1, -0.05) is 53.5 Å². The number of nitrogens with zero attached hydrogens (tertiary/aromatic N) is 3. The van der Waals surface area contributed by atoms with E-state index in [-0.39, 0.29) is 17.7 Å². The first kappa shape index (κ1) is 22.6. The van der Waals surface area contributed by atoms with Gasteiger partial charge >= 0.3 is 0 Å². The summed E-state index contributed by atoms with van der Waals surface area (Å²) in [7, 11) is 0. The molecule has 1 unspecified atom stereocenters. The van der Waals surface area contributed by atoms with Crippen LogP contribution in [0.3, 0.4) is 0 Å². The van der Waals surface area contributed by atoms with E-state index in [1.54, 1.807) is 32.9 Å². The van der Waals surface area contributed by atoms with Crippen LogP contribution >= 0.6 is 23.2 Å². The highest BCUT2D eigenvalue weighted by atomic mass is 35.5. The van der Waals surface area contributed by atoms with Crippen molar-refractivity contribution in [2.45, 2.75) is 25.3 Å². The molecule has 3 amide bonds. The molecular formula is C24H25Cl2N3O3. The first-order valence-corrected chi connectivity index (χ1v) is 11.6. The van der Waals surface area contributed by atoms with Gasteiger partial charge in [0.2, 0.25) is 11.8 Å². The van der Waals surface area contributed by atoms with Crippen molar-refractivity contribution in [1.29, 1.82) is 0 Å². The van der Waals surface area contributed by atoms with Crippen LogP contribution in [0.5, 0.6) is 0 Å². The Bertz CT molecular complexity index is 987. The Morgan fingerprint density at radius 2 is 1.47 bits per heavy atom. The molecule has 2 aliphatic heterocycles. The number of piperazine rings is 1. The average molecular weight is 474 g/mol. The second-order valence-electron chi connectivity index (χ2n) is 8.18. The smallest absolute Gasteiger partial charge is 0.254 e. The molecule has 0 aliphatic carbocycles. The number of likely N-dealkylation sites (tertiary alicyclic amines) is 1. The second kappa shape index (κ2) is 9.92. The maximum atomic E-state index is 13.2. The van der Waals surface area contributed by atoms with E-state index in [0.717, 1.165) is 12.0 Å². The first-order chi connectivity index (χ1) is 15.4. The molecule has 6 nitrogen and oxygen atoms in total. The molecule has 0 aromatic heterocycles. The van der Waals surface area contributed by atoms with Gasteiger partial charge in [0.1, 0.15) is 6.04 Å². The fourth-order valence-electron chi connectivity index (χ4n) is 4.39. The molecule has 0 saturated carbocycles. The van der Waals surface area contributed by atoms with E-state index >= 15 is 0 Å². The summed E-state index contributed by atoms with van der Waals surface area (Å²) in [6.07, 6.45) is 1.81. The zero-order valence-electron chi connectivity index (χ0n) is 17.7. The molecule has 32 heavy (non-hydrogen) atoms. The van der Waals surface area contributed by atoms with Crippen molar-refractivity contribution in [3.05, 3.63) is 69.7 Å². The lowest BCUT2D eigenvalue weighted by Gasteiger charge is -2.37. The van der Waals surface area contributed by atoms with Gasteiger partial charge in [0, 0.05) is 48.3 Å². The van der Waals surface area contributed by atoms with E-state index in [2.05, 4.69) is 0 Å². The van der Waals surface area contributed by atoms with Crippen molar-refractivity contribution in [3.8, 4) is 0 Å². The molecule has 0 bridgehead atoms. The van der Waals surface area contributed by atoms with Crippen LogP contribution in [-0.2, 0) is 16.0 Å². The van der Waals surface area contributed by atoms with Crippen molar-refractivity contribution < 1.29 is 14.4 Å². The molecule has 168 valence electrons. The zero-order chi connectivity index (χ0) is 22.7. The van der Waals surface area contributed by atoms with Gasteiger partial charge in [0.05, 0.1) is 6.42 Å². The minimum atomic E-state index is -0.416. The molecule has 2 aromatic carbocycles. The number of hydrogen-bond donors (Lipinski definition) is 0. The molecule has 2 saturated heterocycles. The molecule has 0 radical (unpaired) electrons. The first-order valence-electron chi connectivity index (χ1n) is 10.8. The monoisotopic (exact) mass is 473 g/mol. The molecule has 2 fully saturated rings. The maximum absolute atomic E-state index is 13.2. The minimum absolute atomic E-state index is 0.0151.